The van der Waals surface area contributed by atoms with E-state index in [1.807, 2.05) is 40.7 Å². The molecule has 194 valence electrons. The SMILES string of the molecule is CC(C)(C)c1cc(-c2ccc(F)cc2)nn2cc(C(=O)N3CCN(C(=O)C=CC(=O)O)CC3(C)C)nc12. The molecule has 37 heavy (non-hydrogen) atoms. The number of benzene rings is 1. The molecule has 0 atom stereocenters. The van der Waals surface area contributed by atoms with Gasteiger partial charge in [0.1, 0.15) is 11.5 Å². The fraction of sp³-hybridized carbons (Fsp3) is 0.370. The lowest BCUT2D eigenvalue weighted by atomic mass is 9.87. The van der Waals surface area contributed by atoms with Crippen LogP contribution >= 0.6 is 0 Å². The van der Waals surface area contributed by atoms with E-state index in [1.165, 1.54) is 17.0 Å². The Kier molecular flexibility index (Phi) is 6.62. The maximum absolute atomic E-state index is 13.6. The van der Waals surface area contributed by atoms with E-state index in [4.69, 9.17) is 5.11 Å². The largest absolute Gasteiger partial charge is 0.478 e. The third kappa shape index (κ3) is 5.37. The van der Waals surface area contributed by atoms with Crippen LogP contribution in [0.2, 0.25) is 0 Å². The number of piperazine rings is 1. The Labute approximate surface area is 214 Å². The van der Waals surface area contributed by atoms with Gasteiger partial charge in [0, 0.05) is 42.9 Å². The average Bonchev–Trinajstić information content (AvgIpc) is 3.25. The van der Waals surface area contributed by atoms with Gasteiger partial charge in [-0.3, -0.25) is 9.59 Å². The zero-order valence-corrected chi connectivity index (χ0v) is 21.5. The van der Waals surface area contributed by atoms with Gasteiger partial charge in [0.2, 0.25) is 5.91 Å². The Balaban J connectivity index is 1.67. The van der Waals surface area contributed by atoms with Gasteiger partial charge in [0.25, 0.3) is 5.91 Å². The van der Waals surface area contributed by atoms with Crippen LogP contribution in [-0.4, -0.2) is 72.5 Å². The van der Waals surface area contributed by atoms with Crippen LogP contribution in [0.15, 0.2) is 48.7 Å². The number of hydrogen-bond acceptors (Lipinski definition) is 5. The standard InChI is InChI=1S/C27H30FN5O4/c1-26(2,3)19-14-20(17-6-8-18(28)9-7-17)30-33-15-21(29-24(19)33)25(37)32-13-12-31(16-27(32,4)5)22(34)10-11-23(35)36/h6-11,14-15H,12-13,16H2,1-5H3,(H,35,36). The molecule has 1 fully saturated rings. The number of carboxylic acid groups (broad SMARTS) is 1. The Morgan fingerprint density at radius 1 is 1.08 bits per heavy atom. The number of aliphatic carboxylic acids is 1. The second kappa shape index (κ2) is 9.42. The maximum atomic E-state index is 13.6. The van der Waals surface area contributed by atoms with Crippen molar-refractivity contribution in [1.29, 1.82) is 0 Å². The van der Waals surface area contributed by atoms with Gasteiger partial charge in [-0.2, -0.15) is 5.10 Å². The molecule has 0 radical (unpaired) electrons. The summed E-state index contributed by atoms with van der Waals surface area (Å²) < 4.78 is 15.1. The Bertz CT molecular complexity index is 1400. The Morgan fingerprint density at radius 2 is 1.76 bits per heavy atom. The quantitative estimate of drug-likeness (QED) is 0.542. The second-order valence-corrected chi connectivity index (χ2v) is 10.8. The van der Waals surface area contributed by atoms with Crippen molar-refractivity contribution in [2.75, 3.05) is 19.6 Å². The van der Waals surface area contributed by atoms with Gasteiger partial charge in [-0.05, 0) is 49.6 Å². The van der Waals surface area contributed by atoms with Crippen molar-refractivity contribution in [2.24, 2.45) is 0 Å². The number of hydrogen-bond donors (Lipinski definition) is 1. The topological polar surface area (TPSA) is 108 Å². The minimum absolute atomic E-state index is 0.230. The van der Waals surface area contributed by atoms with Gasteiger partial charge < -0.3 is 14.9 Å². The van der Waals surface area contributed by atoms with Crippen molar-refractivity contribution in [2.45, 2.75) is 45.6 Å². The van der Waals surface area contributed by atoms with Crippen LogP contribution in [-0.2, 0) is 15.0 Å². The number of carbonyl (C=O) groups excluding carboxylic acids is 2. The van der Waals surface area contributed by atoms with Crippen LogP contribution in [0, 0.1) is 5.82 Å². The zero-order valence-electron chi connectivity index (χ0n) is 21.5. The summed E-state index contributed by atoms with van der Waals surface area (Å²) in [7, 11) is 0. The summed E-state index contributed by atoms with van der Waals surface area (Å²) in [6.07, 6.45) is 3.43. The first-order valence-corrected chi connectivity index (χ1v) is 11.9. The van der Waals surface area contributed by atoms with E-state index in [2.05, 4.69) is 10.1 Å². The Hall–Kier alpha value is -4.08. The van der Waals surface area contributed by atoms with E-state index >= 15 is 0 Å². The molecule has 4 rings (SSSR count). The van der Waals surface area contributed by atoms with Gasteiger partial charge in [-0.15, -0.1) is 0 Å². The third-order valence-corrected chi connectivity index (χ3v) is 6.42. The number of amides is 2. The molecule has 1 saturated heterocycles. The molecule has 1 aromatic carbocycles. The number of rotatable bonds is 4. The minimum Gasteiger partial charge on any atom is -0.478 e. The maximum Gasteiger partial charge on any atom is 0.328 e. The summed E-state index contributed by atoms with van der Waals surface area (Å²) >= 11 is 0. The first-order valence-electron chi connectivity index (χ1n) is 11.9. The highest BCUT2D eigenvalue weighted by Crippen LogP contribution is 2.31. The van der Waals surface area contributed by atoms with Crippen LogP contribution in [0.3, 0.4) is 0 Å². The fourth-order valence-electron chi connectivity index (χ4n) is 4.50. The lowest BCUT2D eigenvalue weighted by molar-refractivity contribution is -0.133. The minimum atomic E-state index is -1.20. The molecule has 1 aliphatic rings. The predicted octanol–water partition coefficient (Wildman–Crippen LogP) is 3.54. The molecule has 0 bridgehead atoms. The normalized spacial score (nSPS) is 15.9. The lowest BCUT2D eigenvalue weighted by Gasteiger charge is -2.46. The number of halogens is 1. The van der Waals surface area contributed by atoms with Crippen molar-refractivity contribution >= 4 is 23.4 Å². The van der Waals surface area contributed by atoms with Gasteiger partial charge in [0.15, 0.2) is 5.65 Å². The third-order valence-electron chi connectivity index (χ3n) is 6.42. The van der Waals surface area contributed by atoms with Gasteiger partial charge >= 0.3 is 5.97 Å². The average molecular weight is 508 g/mol. The highest BCUT2D eigenvalue weighted by atomic mass is 19.1. The first kappa shape index (κ1) is 26.0. The van der Waals surface area contributed by atoms with Crippen molar-refractivity contribution in [1.82, 2.24) is 24.4 Å². The summed E-state index contributed by atoms with van der Waals surface area (Å²) in [4.78, 5) is 44.6. The number of imidazole rings is 1. The molecule has 0 unspecified atom stereocenters. The second-order valence-electron chi connectivity index (χ2n) is 10.8. The summed E-state index contributed by atoms with van der Waals surface area (Å²) in [5.74, 6) is -2.23. The van der Waals surface area contributed by atoms with Crippen LogP contribution in [0.4, 0.5) is 4.39 Å². The summed E-state index contributed by atoms with van der Waals surface area (Å²) in [5, 5.41) is 13.4. The predicted molar refractivity (Wildman–Crippen MR) is 136 cm³/mol. The molecular formula is C27H30FN5O4. The van der Waals surface area contributed by atoms with Crippen LogP contribution in [0.1, 0.15) is 50.7 Å². The summed E-state index contributed by atoms with van der Waals surface area (Å²) in [6.45, 7) is 10.6. The van der Waals surface area contributed by atoms with Crippen LogP contribution in [0.25, 0.3) is 16.9 Å². The molecule has 10 heteroatoms. The van der Waals surface area contributed by atoms with Crippen molar-refractivity contribution in [3.63, 3.8) is 0 Å². The molecule has 9 nitrogen and oxygen atoms in total. The van der Waals surface area contributed by atoms with Gasteiger partial charge in [-0.1, -0.05) is 20.8 Å². The van der Waals surface area contributed by atoms with Crippen molar-refractivity contribution in [3.8, 4) is 11.3 Å². The summed E-state index contributed by atoms with van der Waals surface area (Å²) in [5.41, 5.74) is 2.04. The van der Waals surface area contributed by atoms with Crippen molar-refractivity contribution < 1.29 is 23.9 Å². The highest BCUT2D eigenvalue weighted by Gasteiger charge is 2.39. The molecule has 1 aliphatic heterocycles. The molecule has 3 heterocycles. The van der Waals surface area contributed by atoms with E-state index in [1.54, 1.807) is 27.7 Å². The van der Waals surface area contributed by atoms with E-state index in [9.17, 15) is 18.8 Å². The molecule has 0 aliphatic carbocycles. The molecule has 2 amide bonds. The number of nitrogens with zero attached hydrogens (tertiary/aromatic N) is 5. The highest BCUT2D eigenvalue weighted by molar-refractivity contribution is 5.95. The number of carbonyl (C=O) groups is 3. The lowest BCUT2D eigenvalue weighted by Crippen LogP contribution is -2.62. The number of fused-ring (bicyclic) bond motifs is 1. The molecule has 2 aromatic heterocycles. The van der Waals surface area contributed by atoms with E-state index in [0.29, 0.717) is 11.3 Å². The zero-order chi connectivity index (χ0) is 27.1. The van der Waals surface area contributed by atoms with Crippen molar-refractivity contribution in [3.05, 3.63) is 65.8 Å². The van der Waals surface area contributed by atoms with Crippen LogP contribution < -0.4 is 0 Å². The molecule has 0 saturated carbocycles. The molecular weight excluding hydrogens is 477 g/mol. The first-order chi connectivity index (χ1) is 17.3. The van der Waals surface area contributed by atoms with E-state index < -0.39 is 17.4 Å². The number of aromatic nitrogens is 3. The fourth-order valence-corrected chi connectivity index (χ4v) is 4.50. The monoisotopic (exact) mass is 507 g/mol. The van der Waals surface area contributed by atoms with Gasteiger partial charge in [0.05, 0.1) is 17.4 Å². The van der Waals surface area contributed by atoms with E-state index in [0.717, 1.165) is 23.3 Å². The molecule has 3 aromatic rings. The summed E-state index contributed by atoms with van der Waals surface area (Å²) in [6, 6.07) is 8.00. The van der Waals surface area contributed by atoms with E-state index in [-0.39, 0.29) is 42.5 Å². The van der Waals surface area contributed by atoms with Crippen LogP contribution in [0.5, 0.6) is 0 Å². The molecule has 1 N–H and O–H groups in total. The van der Waals surface area contributed by atoms with Gasteiger partial charge in [-0.25, -0.2) is 18.7 Å². The Morgan fingerprint density at radius 3 is 2.35 bits per heavy atom. The molecule has 0 spiro atoms. The number of carboxylic acids is 1. The smallest absolute Gasteiger partial charge is 0.328 e.